The van der Waals surface area contributed by atoms with Crippen molar-refractivity contribution in [2.75, 3.05) is 20.2 Å². The van der Waals surface area contributed by atoms with Gasteiger partial charge in [0.1, 0.15) is 0 Å². The molecule has 5 nitrogen and oxygen atoms in total. The minimum Gasteiger partial charge on any atom is -0.469 e. The summed E-state index contributed by atoms with van der Waals surface area (Å²) < 4.78 is 4.76. The van der Waals surface area contributed by atoms with Crippen molar-refractivity contribution in [1.82, 2.24) is 9.88 Å². The Labute approximate surface area is 118 Å². The Balaban J connectivity index is 1.84. The number of hydrogen-bond acceptors (Lipinski definition) is 4. The molecule has 1 aromatic rings. The van der Waals surface area contributed by atoms with Crippen molar-refractivity contribution in [3.63, 3.8) is 0 Å². The second kappa shape index (κ2) is 7.03. The van der Waals surface area contributed by atoms with Crippen molar-refractivity contribution in [3.05, 3.63) is 30.1 Å². The molecule has 1 saturated heterocycles. The van der Waals surface area contributed by atoms with Gasteiger partial charge in [0.2, 0.25) is 5.91 Å². The highest BCUT2D eigenvalue weighted by atomic mass is 16.5. The Morgan fingerprint density at radius 1 is 1.45 bits per heavy atom. The van der Waals surface area contributed by atoms with E-state index in [1.54, 1.807) is 11.1 Å². The zero-order chi connectivity index (χ0) is 14.4. The molecule has 0 aliphatic carbocycles. The Bertz CT molecular complexity index is 461. The molecule has 0 unspecified atom stereocenters. The monoisotopic (exact) mass is 276 g/mol. The standard InChI is InChI=1S/C15H20N2O3/c1-20-15(19)12-5-4-10-17(11-12)14(18)8-7-13-6-2-3-9-16-13/h2-3,6,9,12H,4-5,7-8,10-11H2,1H3/t12-/m0/s1. The van der Waals surface area contributed by atoms with E-state index in [2.05, 4.69) is 4.98 Å². The number of piperidine rings is 1. The maximum atomic E-state index is 12.2. The molecule has 1 aromatic heterocycles. The smallest absolute Gasteiger partial charge is 0.310 e. The van der Waals surface area contributed by atoms with Gasteiger partial charge in [-0.25, -0.2) is 0 Å². The Kier molecular flexibility index (Phi) is 5.09. The topological polar surface area (TPSA) is 59.5 Å². The lowest BCUT2D eigenvalue weighted by atomic mass is 9.98. The van der Waals surface area contributed by atoms with Gasteiger partial charge in [0, 0.05) is 31.4 Å². The first-order chi connectivity index (χ1) is 9.70. The van der Waals surface area contributed by atoms with E-state index < -0.39 is 0 Å². The number of rotatable bonds is 4. The number of aryl methyl sites for hydroxylation is 1. The number of esters is 1. The molecule has 20 heavy (non-hydrogen) atoms. The fourth-order valence-corrected chi connectivity index (χ4v) is 2.50. The van der Waals surface area contributed by atoms with E-state index in [9.17, 15) is 9.59 Å². The molecule has 1 amide bonds. The average molecular weight is 276 g/mol. The van der Waals surface area contributed by atoms with Crippen molar-refractivity contribution in [3.8, 4) is 0 Å². The van der Waals surface area contributed by atoms with E-state index in [-0.39, 0.29) is 17.8 Å². The Hall–Kier alpha value is -1.91. The molecular weight excluding hydrogens is 256 g/mol. The zero-order valence-corrected chi connectivity index (χ0v) is 11.7. The summed E-state index contributed by atoms with van der Waals surface area (Å²) in [5.41, 5.74) is 0.919. The quantitative estimate of drug-likeness (QED) is 0.780. The van der Waals surface area contributed by atoms with Gasteiger partial charge in [-0.1, -0.05) is 6.07 Å². The number of carbonyl (C=O) groups is 2. The second-order valence-corrected chi connectivity index (χ2v) is 5.02. The van der Waals surface area contributed by atoms with E-state index in [4.69, 9.17) is 4.74 Å². The lowest BCUT2D eigenvalue weighted by molar-refractivity contribution is -0.149. The molecular formula is C15H20N2O3. The van der Waals surface area contributed by atoms with E-state index in [0.29, 0.717) is 19.4 Å². The number of amides is 1. The van der Waals surface area contributed by atoms with Gasteiger partial charge in [0.15, 0.2) is 0 Å². The molecule has 1 aliphatic rings. The van der Waals surface area contributed by atoms with Gasteiger partial charge in [0.05, 0.1) is 13.0 Å². The highest BCUT2D eigenvalue weighted by Crippen LogP contribution is 2.18. The van der Waals surface area contributed by atoms with Crippen LogP contribution in [0, 0.1) is 5.92 Å². The molecule has 1 aliphatic heterocycles. The molecule has 0 bridgehead atoms. The predicted octanol–water partition coefficient (Wildman–Crippen LogP) is 1.43. The van der Waals surface area contributed by atoms with E-state index in [0.717, 1.165) is 25.1 Å². The maximum Gasteiger partial charge on any atom is 0.310 e. The average Bonchev–Trinajstić information content (AvgIpc) is 2.53. The minimum atomic E-state index is -0.216. The zero-order valence-electron chi connectivity index (χ0n) is 11.7. The van der Waals surface area contributed by atoms with Gasteiger partial charge in [-0.3, -0.25) is 14.6 Å². The third kappa shape index (κ3) is 3.79. The normalized spacial score (nSPS) is 18.6. The summed E-state index contributed by atoms with van der Waals surface area (Å²) in [5, 5.41) is 0. The first-order valence-electron chi connectivity index (χ1n) is 6.96. The summed E-state index contributed by atoms with van der Waals surface area (Å²) in [7, 11) is 1.39. The number of likely N-dealkylation sites (tertiary alicyclic amines) is 1. The molecule has 1 atom stereocenters. The van der Waals surface area contributed by atoms with Crippen LogP contribution in [0.25, 0.3) is 0 Å². The van der Waals surface area contributed by atoms with Crippen molar-refractivity contribution in [1.29, 1.82) is 0 Å². The van der Waals surface area contributed by atoms with Crippen molar-refractivity contribution in [2.45, 2.75) is 25.7 Å². The summed E-state index contributed by atoms with van der Waals surface area (Å²) >= 11 is 0. The van der Waals surface area contributed by atoms with Crippen LogP contribution >= 0.6 is 0 Å². The van der Waals surface area contributed by atoms with Gasteiger partial charge < -0.3 is 9.64 Å². The first-order valence-corrected chi connectivity index (χ1v) is 6.96. The summed E-state index contributed by atoms with van der Waals surface area (Å²) in [6.07, 6.45) is 4.46. The third-order valence-corrected chi connectivity index (χ3v) is 3.63. The van der Waals surface area contributed by atoms with Crippen LogP contribution in [0.2, 0.25) is 0 Å². The van der Waals surface area contributed by atoms with Crippen LogP contribution in [0.3, 0.4) is 0 Å². The van der Waals surface area contributed by atoms with Gasteiger partial charge in [0.25, 0.3) is 0 Å². The lowest BCUT2D eigenvalue weighted by Gasteiger charge is -2.31. The SMILES string of the molecule is COC(=O)[C@H]1CCCN(C(=O)CCc2ccccn2)C1. The molecule has 0 saturated carbocycles. The van der Waals surface area contributed by atoms with Crippen molar-refractivity contribution in [2.24, 2.45) is 5.92 Å². The van der Waals surface area contributed by atoms with Crippen LogP contribution in [0.1, 0.15) is 25.0 Å². The maximum absolute atomic E-state index is 12.2. The summed E-state index contributed by atoms with van der Waals surface area (Å²) in [6, 6.07) is 5.69. The predicted molar refractivity (Wildman–Crippen MR) is 73.9 cm³/mol. The van der Waals surface area contributed by atoms with E-state index >= 15 is 0 Å². The number of methoxy groups -OCH3 is 1. The summed E-state index contributed by atoms with van der Waals surface area (Å²) in [4.78, 5) is 29.7. The van der Waals surface area contributed by atoms with E-state index in [1.165, 1.54) is 7.11 Å². The van der Waals surface area contributed by atoms with Crippen LogP contribution in [-0.4, -0.2) is 42.0 Å². The number of pyridine rings is 1. The lowest BCUT2D eigenvalue weighted by Crippen LogP contribution is -2.42. The number of hydrogen-bond donors (Lipinski definition) is 0. The van der Waals surface area contributed by atoms with Crippen molar-refractivity contribution < 1.29 is 14.3 Å². The molecule has 0 radical (unpaired) electrons. The first kappa shape index (κ1) is 14.5. The number of aromatic nitrogens is 1. The molecule has 108 valence electrons. The van der Waals surface area contributed by atoms with Crippen molar-refractivity contribution >= 4 is 11.9 Å². The number of carbonyl (C=O) groups excluding carboxylic acids is 2. The van der Waals surface area contributed by atoms with Gasteiger partial charge >= 0.3 is 5.97 Å². The molecule has 1 fully saturated rings. The molecule has 0 aromatic carbocycles. The van der Waals surface area contributed by atoms with E-state index in [1.807, 2.05) is 18.2 Å². The highest BCUT2D eigenvalue weighted by Gasteiger charge is 2.28. The van der Waals surface area contributed by atoms with Gasteiger partial charge in [-0.05, 0) is 31.4 Å². The number of nitrogens with zero attached hydrogens (tertiary/aromatic N) is 2. The van der Waals surface area contributed by atoms with Gasteiger partial charge in [-0.15, -0.1) is 0 Å². The molecule has 2 rings (SSSR count). The van der Waals surface area contributed by atoms with Crippen LogP contribution < -0.4 is 0 Å². The largest absolute Gasteiger partial charge is 0.469 e. The molecule has 2 heterocycles. The van der Waals surface area contributed by atoms with Crippen LogP contribution in [0.4, 0.5) is 0 Å². The van der Waals surface area contributed by atoms with Crippen LogP contribution in [0.5, 0.6) is 0 Å². The molecule has 5 heteroatoms. The Morgan fingerprint density at radius 2 is 2.30 bits per heavy atom. The number of ether oxygens (including phenoxy) is 1. The fourth-order valence-electron chi connectivity index (χ4n) is 2.50. The van der Waals surface area contributed by atoms with Crippen LogP contribution in [-0.2, 0) is 20.7 Å². The van der Waals surface area contributed by atoms with Crippen LogP contribution in [0.15, 0.2) is 24.4 Å². The molecule has 0 N–H and O–H groups in total. The summed E-state index contributed by atoms with van der Waals surface area (Å²) in [6.45, 7) is 1.21. The second-order valence-electron chi connectivity index (χ2n) is 5.02. The highest BCUT2D eigenvalue weighted by molar-refractivity contribution is 5.78. The Morgan fingerprint density at radius 3 is 3.00 bits per heavy atom. The van der Waals surface area contributed by atoms with Gasteiger partial charge in [-0.2, -0.15) is 0 Å². The summed E-state index contributed by atoms with van der Waals surface area (Å²) in [5.74, 6) is -0.302. The third-order valence-electron chi connectivity index (χ3n) is 3.63. The minimum absolute atomic E-state index is 0.0873. The molecule has 0 spiro atoms. The fraction of sp³-hybridized carbons (Fsp3) is 0.533.